The number of nitrogens with one attached hydrogen (secondary N) is 2. The Balaban J connectivity index is 0.00000280. The Morgan fingerprint density at radius 2 is 2.04 bits per heavy atom. The summed E-state index contributed by atoms with van der Waals surface area (Å²) in [4.78, 5) is 9.41. The van der Waals surface area contributed by atoms with Gasteiger partial charge in [-0.15, -0.1) is 24.0 Å². The summed E-state index contributed by atoms with van der Waals surface area (Å²) in [5.41, 5.74) is 3.29. The van der Waals surface area contributed by atoms with Crippen LogP contribution in [0.4, 0.5) is 0 Å². The summed E-state index contributed by atoms with van der Waals surface area (Å²) in [5, 5.41) is 16.4. The molecule has 6 nitrogen and oxygen atoms in total. The zero-order valence-corrected chi connectivity index (χ0v) is 19.4. The molecule has 1 saturated carbocycles. The first-order chi connectivity index (χ1) is 13.2. The molecule has 2 heterocycles. The van der Waals surface area contributed by atoms with Gasteiger partial charge in [0, 0.05) is 31.6 Å². The zero-order valence-electron chi connectivity index (χ0n) is 17.1. The number of fused-ring (bicyclic) bond motifs is 1. The van der Waals surface area contributed by atoms with Gasteiger partial charge < -0.3 is 20.1 Å². The predicted octanol–water partition coefficient (Wildman–Crippen LogP) is 3.65. The zero-order chi connectivity index (χ0) is 19.1. The lowest BCUT2D eigenvalue weighted by Gasteiger charge is -2.37. The van der Waals surface area contributed by atoms with E-state index in [1.807, 2.05) is 12.1 Å². The lowest BCUT2D eigenvalue weighted by atomic mass is 9.72. The van der Waals surface area contributed by atoms with Gasteiger partial charge in [-0.1, -0.05) is 25.3 Å². The number of guanidine groups is 1. The maximum Gasteiger partial charge on any atom is 0.191 e. The molecular weight excluding hydrogens is 465 g/mol. The molecule has 3 N–H and O–H groups in total. The number of aromatic nitrogens is 2. The highest BCUT2D eigenvalue weighted by Crippen LogP contribution is 2.38. The maximum atomic E-state index is 9.51. The third-order valence-electron chi connectivity index (χ3n) is 5.68. The fraction of sp³-hybridized carbons (Fsp3) is 0.619. The molecule has 1 aliphatic carbocycles. The number of pyridine rings is 1. The summed E-state index contributed by atoms with van der Waals surface area (Å²) in [6.45, 7) is 6.65. The van der Waals surface area contributed by atoms with Crippen molar-refractivity contribution < 1.29 is 5.11 Å². The molecule has 2 aromatic rings. The summed E-state index contributed by atoms with van der Waals surface area (Å²) in [7, 11) is 0. The van der Waals surface area contributed by atoms with Crippen molar-refractivity contribution in [2.75, 3.05) is 19.7 Å². The topological polar surface area (TPSA) is 74.0 Å². The summed E-state index contributed by atoms with van der Waals surface area (Å²) >= 11 is 0. The van der Waals surface area contributed by atoms with Gasteiger partial charge >= 0.3 is 0 Å². The largest absolute Gasteiger partial charge is 0.396 e. The molecule has 0 unspecified atom stereocenters. The standard InChI is InChI=1S/C21H33N5O.HI/c1-3-22-20(24-16-21(12-13-27)10-5-4-6-11-21)23-14-18-15-26-17(2)8-7-9-19(26)25-18;/h7-9,15,27H,3-6,10-14,16H2,1-2H3,(H2,22,23,24);1H. The van der Waals surface area contributed by atoms with Gasteiger partial charge in [0.15, 0.2) is 5.96 Å². The van der Waals surface area contributed by atoms with Gasteiger partial charge in [0.05, 0.1) is 12.2 Å². The minimum absolute atomic E-state index is 0. The van der Waals surface area contributed by atoms with Crippen LogP contribution in [0.3, 0.4) is 0 Å². The summed E-state index contributed by atoms with van der Waals surface area (Å²) in [5.74, 6) is 0.828. The Morgan fingerprint density at radius 1 is 1.25 bits per heavy atom. The number of aliphatic imine (C=N–C) groups is 1. The van der Waals surface area contributed by atoms with Crippen LogP contribution in [0.5, 0.6) is 0 Å². The highest BCUT2D eigenvalue weighted by Gasteiger charge is 2.31. The molecule has 0 amide bonds. The second-order valence-corrected chi connectivity index (χ2v) is 7.71. The van der Waals surface area contributed by atoms with E-state index in [2.05, 4.69) is 46.1 Å². The van der Waals surface area contributed by atoms with Gasteiger partial charge in [-0.25, -0.2) is 9.98 Å². The van der Waals surface area contributed by atoms with E-state index < -0.39 is 0 Å². The molecule has 0 bridgehead atoms. The highest BCUT2D eigenvalue weighted by molar-refractivity contribution is 14.0. The van der Waals surface area contributed by atoms with Gasteiger partial charge in [0.25, 0.3) is 0 Å². The number of aliphatic hydroxyl groups excluding tert-OH is 1. The van der Waals surface area contributed by atoms with E-state index in [0.717, 1.165) is 36.8 Å². The van der Waals surface area contributed by atoms with Crippen molar-refractivity contribution in [3.63, 3.8) is 0 Å². The van der Waals surface area contributed by atoms with Crippen LogP contribution >= 0.6 is 24.0 Å². The second-order valence-electron chi connectivity index (χ2n) is 7.71. The average Bonchev–Trinajstić information content (AvgIpc) is 3.10. The van der Waals surface area contributed by atoms with Gasteiger partial charge in [-0.2, -0.15) is 0 Å². The predicted molar refractivity (Wildman–Crippen MR) is 125 cm³/mol. The number of aliphatic hydroxyl groups is 1. The minimum Gasteiger partial charge on any atom is -0.396 e. The number of hydrogen-bond donors (Lipinski definition) is 3. The number of halogens is 1. The molecule has 0 radical (unpaired) electrons. The van der Waals surface area contributed by atoms with Crippen molar-refractivity contribution in [2.24, 2.45) is 10.4 Å². The Hall–Kier alpha value is -1.35. The SMILES string of the molecule is CCNC(=NCc1cn2c(C)cccc2n1)NCC1(CCO)CCCCC1.I. The van der Waals surface area contributed by atoms with Crippen LogP contribution in [-0.2, 0) is 6.54 Å². The molecule has 7 heteroatoms. The molecule has 1 aliphatic rings. The molecular formula is C21H34IN5O. The van der Waals surface area contributed by atoms with E-state index in [0.29, 0.717) is 6.54 Å². The third kappa shape index (κ3) is 5.83. The normalized spacial score (nSPS) is 16.6. The van der Waals surface area contributed by atoms with Gasteiger partial charge in [-0.3, -0.25) is 0 Å². The Morgan fingerprint density at radius 3 is 2.71 bits per heavy atom. The van der Waals surface area contributed by atoms with Crippen molar-refractivity contribution in [2.45, 2.75) is 58.9 Å². The first kappa shape index (κ1) is 22.9. The molecule has 0 spiro atoms. The molecule has 156 valence electrons. The minimum atomic E-state index is 0. The van der Waals surface area contributed by atoms with E-state index in [1.165, 1.54) is 37.8 Å². The van der Waals surface area contributed by atoms with Crippen LogP contribution in [0.25, 0.3) is 5.65 Å². The molecule has 28 heavy (non-hydrogen) atoms. The molecule has 1 fully saturated rings. The second kappa shape index (κ2) is 11.0. The number of nitrogens with zero attached hydrogens (tertiary/aromatic N) is 3. The maximum absolute atomic E-state index is 9.51. The fourth-order valence-corrected chi connectivity index (χ4v) is 4.10. The van der Waals surface area contributed by atoms with Crippen LogP contribution in [-0.4, -0.2) is 40.1 Å². The Bertz CT molecular complexity index is 762. The first-order valence-corrected chi connectivity index (χ1v) is 10.2. The molecule has 0 aromatic carbocycles. The lowest BCUT2D eigenvalue weighted by Crippen LogP contribution is -2.44. The molecule has 2 aromatic heterocycles. The lowest BCUT2D eigenvalue weighted by molar-refractivity contribution is 0.131. The van der Waals surface area contributed by atoms with E-state index in [4.69, 9.17) is 4.99 Å². The number of hydrogen-bond acceptors (Lipinski definition) is 3. The molecule has 0 saturated heterocycles. The van der Waals surface area contributed by atoms with Gasteiger partial charge in [-0.05, 0) is 50.7 Å². The first-order valence-electron chi connectivity index (χ1n) is 10.2. The fourth-order valence-electron chi connectivity index (χ4n) is 4.10. The van der Waals surface area contributed by atoms with Crippen LogP contribution in [0.15, 0.2) is 29.4 Å². The molecule has 0 atom stereocenters. The van der Waals surface area contributed by atoms with E-state index in [1.54, 1.807) is 0 Å². The van der Waals surface area contributed by atoms with Crippen LogP contribution in [0.2, 0.25) is 0 Å². The monoisotopic (exact) mass is 499 g/mol. The Kier molecular flexibility index (Phi) is 9.01. The van der Waals surface area contributed by atoms with Crippen LogP contribution < -0.4 is 10.6 Å². The van der Waals surface area contributed by atoms with Crippen LogP contribution in [0, 0.1) is 12.3 Å². The smallest absolute Gasteiger partial charge is 0.191 e. The highest BCUT2D eigenvalue weighted by atomic mass is 127. The van der Waals surface area contributed by atoms with E-state index in [-0.39, 0.29) is 36.0 Å². The van der Waals surface area contributed by atoms with Crippen molar-refractivity contribution in [1.29, 1.82) is 0 Å². The summed E-state index contributed by atoms with van der Waals surface area (Å²) in [6, 6.07) is 6.13. The molecule has 0 aliphatic heterocycles. The van der Waals surface area contributed by atoms with Crippen LogP contribution in [0.1, 0.15) is 56.8 Å². The number of aryl methyl sites for hydroxylation is 1. The van der Waals surface area contributed by atoms with E-state index in [9.17, 15) is 5.11 Å². The average molecular weight is 499 g/mol. The summed E-state index contributed by atoms with van der Waals surface area (Å²) in [6.07, 6.45) is 9.13. The summed E-state index contributed by atoms with van der Waals surface area (Å²) < 4.78 is 2.10. The van der Waals surface area contributed by atoms with Crippen molar-refractivity contribution in [1.82, 2.24) is 20.0 Å². The van der Waals surface area contributed by atoms with Crippen molar-refractivity contribution in [3.05, 3.63) is 35.8 Å². The third-order valence-corrected chi connectivity index (χ3v) is 5.68. The Labute approximate surface area is 185 Å². The van der Waals surface area contributed by atoms with Gasteiger partial charge in [0.1, 0.15) is 5.65 Å². The van der Waals surface area contributed by atoms with E-state index >= 15 is 0 Å². The molecule has 3 rings (SSSR count). The number of rotatable bonds is 7. The number of imidazole rings is 1. The quantitative estimate of drug-likeness (QED) is 0.309. The van der Waals surface area contributed by atoms with Crippen molar-refractivity contribution >= 4 is 35.6 Å². The van der Waals surface area contributed by atoms with Gasteiger partial charge in [0.2, 0.25) is 0 Å². The van der Waals surface area contributed by atoms with Crippen molar-refractivity contribution in [3.8, 4) is 0 Å².